The molecular formula is C14H18N4O2. The number of nitrogens with one attached hydrogen (secondary N) is 2. The summed E-state index contributed by atoms with van der Waals surface area (Å²) < 4.78 is 0. The summed E-state index contributed by atoms with van der Waals surface area (Å²) in [6.45, 7) is -0.00898. The minimum atomic E-state index is -0.464. The van der Waals surface area contributed by atoms with E-state index < -0.39 is 5.54 Å². The second kappa shape index (κ2) is 5.20. The van der Waals surface area contributed by atoms with Crippen molar-refractivity contribution in [1.29, 1.82) is 0 Å². The van der Waals surface area contributed by atoms with Crippen molar-refractivity contribution in [2.75, 3.05) is 6.61 Å². The number of carbonyl (C=O) groups is 1. The van der Waals surface area contributed by atoms with Crippen LogP contribution in [-0.2, 0) is 0 Å². The molecule has 0 bridgehead atoms. The van der Waals surface area contributed by atoms with Crippen molar-refractivity contribution >= 4 is 16.9 Å². The highest BCUT2D eigenvalue weighted by Crippen LogP contribution is 2.28. The zero-order valence-electron chi connectivity index (χ0n) is 11.2. The Morgan fingerprint density at radius 3 is 2.75 bits per heavy atom. The minimum absolute atomic E-state index is 0.00898. The molecule has 0 atom stereocenters. The van der Waals surface area contributed by atoms with Gasteiger partial charge in [0.05, 0.1) is 12.1 Å². The topological polar surface area (TPSA) is 90.9 Å². The van der Waals surface area contributed by atoms with Gasteiger partial charge in [0.2, 0.25) is 0 Å². The molecule has 3 N–H and O–H groups in total. The molecule has 1 heterocycles. The summed E-state index contributed by atoms with van der Waals surface area (Å²) in [5.41, 5.74) is 1.48. The average molecular weight is 274 g/mol. The van der Waals surface area contributed by atoms with Crippen molar-refractivity contribution in [2.24, 2.45) is 0 Å². The van der Waals surface area contributed by atoms with Crippen molar-refractivity contribution in [1.82, 2.24) is 20.7 Å². The van der Waals surface area contributed by atoms with E-state index >= 15 is 0 Å². The van der Waals surface area contributed by atoms with E-state index in [4.69, 9.17) is 0 Å². The number of nitrogens with zero attached hydrogens (tertiary/aromatic N) is 2. The zero-order valence-corrected chi connectivity index (χ0v) is 11.2. The Balaban J connectivity index is 1.80. The minimum Gasteiger partial charge on any atom is -0.394 e. The molecule has 1 saturated carbocycles. The number of aromatic nitrogens is 3. The number of H-pyrrole nitrogens is 1. The van der Waals surface area contributed by atoms with E-state index in [1.54, 1.807) is 18.2 Å². The molecule has 0 radical (unpaired) electrons. The number of aromatic amines is 1. The molecule has 1 aromatic heterocycles. The third kappa shape index (κ3) is 2.38. The first-order valence-corrected chi connectivity index (χ1v) is 6.96. The molecule has 1 aromatic carbocycles. The van der Waals surface area contributed by atoms with Crippen LogP contribution in [0.2, 0.25) is 0 Å². The Labute approximate surface area is 116 Å². The van der Waals surface area contributed by atoms with E-state index in [2.05, 4.69) is 20.7 Å². The molecule has 0 spiro atoms. The van der Waals surface area contributed by atoms with Gasteiger partial charge in [-0.1, -0.05) is 19.3 Å². The second-order valence-electron chi connectivity index (χ2n) is 5.48. The number of aliphatic hydroxyl groups excluding tert-OH is 1. The predicted octanol–water partition coefficient (Wildman–Crippen LogP) is 1.38. The zero-order chi connectivity index (χ0) is 14.0. The molecule has 20 heavy (non-hydrogen) atoms. The highest BCUT2D eigenvalue weighted by atomic mass is 16.3. The molecule has 1 amide bonds. The van der Waals surface area contributed by atoms with Crippen LogP contribution in [0.5, 0.6) is 0 Å². The fourth-order valence-corrected chi connectivity index (χ4v) is 2.85. The van der Waals surface area contributed by atoms with Gasteiger partial charge in [-0.15, -0.1) is 0 Å². The van der Waals surface area contributed by atoms with Gasteiger partial charge in [0.1, 0.15) is 11.0 Å². The Morgan fingerprint density at radius 2 is 2.00 bits per heavy atom. The van der Waals surface area contributed by atoms with Gasteiger partial charge in [0.15, 0.2) is 0 Å². The molecule has 0 unspecified atom stereocenters. The summed E-state index contributed by atoms with van der Waals surface area (Å²) in [7, 11) is 0. The highest BCUT2D eigenvalue weighted by molar-refractivity contribution is 5.97. The van der Waals surface area contributed by atoms with Gasteiger partial charge in [-0.3, -0.25) is 4.79 Å². The second-order valence-corrected chi connectivity index (χ2v) is 5.48. The van der Waals surface area contributed by atoms with Crippen LogP contribution < -0.4 is 5.32 Å². The molecule has 6 nitrogen and oxygen atoms in total. The number of hydrogen-bond acceptors (Lipinski definition) is 4. The predicted molar refractivity (Wildman–Crippen MR) is 74.3 cm³/mol. The molecule has 0 saturated heterocycles. The van der Waals surface area contributed by atoms with E-state index in [0.29, 0.717) is 11.1 Å². The summed E-state index contributed by atoms with van der Waals surface area (Å²) in [5, 5.41) is 23.1. The first-order valence-electron chi connectivity index (χ1n) is 6.96. The number of fused-ring (bicyclic) bond motifs is 1. The Morgan fingerprint density at radius 1 is 1.25 bits per heavy atom. The standard InChI is InChI=1S/C14H18N4O2/c19-9-14(6-2-1-3-7-14)15-13(20)10-4-5-11-12(8-10)17-18-16-11/h4-5,8,19H,1-3,6-7,9H2,(H,15,20)(H,16,17,18). The first kappa shape index (κ1) is 13.1. The van der Waals surface area contributed by atoms with Crippen molar-refractivity contribution < 1.29 is 9.90 Å². The summed E-state index contributed by atoms with van der Waals surface area (Å²) in [5.74, 6) is -0.161. The molecular weight excluding hydrogens is 256 g/mol. The van der Waals surface area contributed by atoms with E-state index in [9.17, 15) is 9.90 Å². The van der Waals surface area contributed by atoms with Crippen LogP contribution in [0.3, 0.4) is 0 Å². The fourth-order valence-electron chi connectivity index (χ4n) is 2.85. The summed E-state index contributed by atoms with van der Waals surface area (Å²) in [4.78, 5) is 12.4. The number of hydrogen-bond donors (Lipinski definition) is 3. The lowest BCUT2D eigenvalue weighted by molar-refractivity contribution is 0.0758. The van der Waals surface area contributed by atoms with Gasteiger partial charge in [-0.05, 0) is 31.0 Å². The molecule has 106 valence electrons. The maximum Gasteiger partial charge on any atom is 0.251 e. The highest BCUT2D eigenvalue weighted by Gasteiger charge is 2.33. The van der Waals surface area contributed by atoms with Gasteiger partial charge in [0, 0.05) is 5.56 Å². The lowest BCUT2D eigenvalue weighted by atomic mass is 9.82. The van der Waals surface area contributed by atoms with E-state index in [-0.39, 0.29) is 12.5 Å². The van der Waals surface area contributed by atoms with Gasteiger partial charge in [-0.25, -0.2) is 0 Å². The monoisotopic (exact) mass is 274 g/mol. The molecule has 0 aliphatic heterocycles. The summed E-state index contributed by atoms with van der Waals surface area (Å²) in [6, 6.07) is 5.20. The molecule has 3 rings (SSSR count). The normalized spacial score (nSPS) is 18.1. The van der Waals surface area contributed by atoms with Crippen molar-refractivity contribution in [3.05, 3.63) is 23.8 Å². The lowest BCUT2D eigenvalue weighted by Gasteiger charge is -2.36. The molecule has 1 fully saturated rings. The first-order chi connectivity index (χ1) is 9.72. The van der Waals surface area contributed by atoms with Gasteiger partial charge in [0.25, 0.3) is 5.91 Å². The van der Waals surface area contributed by atoms with E-state index in [1.807, 2.05) is 0 Å². The molecule has 2 aromatic rings. The summed E-state index contributed by atoms with van der Waals surface area (Å²) in [6.07, 6.45) is 4.93. The van der Waals surface area contributed by atoms with Crippen LogP contribution in [0.1, 0.15) is 42.5 Å². The van der Waals surface area contributed by atoms with Crippen LogP contribution >= 0.6 is 0 Å². The molecule has 1 aliphatic carbocycles. The third-order valence-corrected chi connectivity index (χ3v) is 4.07. The maximum atomic E-state index is 12.4. The van der Waals surface area contributed by atoms with Crippen molar-refractivity contribution in [3.63, 3.8) is 0 Å². The number of benzene rings is 1. The number of rotatable bonds is 3. The van der Waals surface area contributed by atoms with E-state index in [0.717, 1.165) is 31.2 Å². The smallest absolute Gasteiger partial charge is 0.251 e. The van der Waals surface area contributed by atoms with E-state index in [1.165, 1.54) is 6.42 Å². The van der Waals surface area contributed by atoms with Gasteiger partial charge < -0.3 is 10.4 Å². The fraction of sp³-hybridized carbons (Fsp3) is 0.500. The summed E-state index contributed by atoms with van der Waals surface area (Å²) >= 11 is 0. The quantitative estimate of drug-likeness (QED) is 0.788. The maximum absolute atomic E-state index is 12.4. The lowest BCUT2D eigenvalue weighted by Crippen LogP contribution is -2.52. The van der Waals surface area contributed by atoms with Crippen LogP contribution in [0, 0.1) is 0 Å². The number of carbonyl (C=O) groups excluding carboxylic acids is 1. The van der Waals surface area contributed by atoms with Crippen molar-refractivity contribution in [3.8, 4) is 0 Å². The van der Waals surface area contributed by atoms with Gasteiger partial charge >= 0.3 is 0 Å². The Bertz CT molecular complexity index is 616. The third-order valence-electron chi connectivity index (χ3n) is 4.07. The van der Waals surface area contributed by atoms with Crippen LogP contribution in [0.25, 0.3) is 11.0 Å². The van der Waals surface area contributed by atoms with Gasteiger partial charge in [-0.2, -0.15) is 15.4 Å². The SMILES string of the molecule is O=C(NC1(CO)CCCCC1)c1ccc2n[nH]nc2c1. The Kier molecular flexibility index (Phi) is 3.40. The van der Waals surface area contributed by atoms with Crippen molar-refractivity contribution in [2.45, 2.75) is 37.6 Å². The largest absolute Gasteiger partial charge is 0.394 e. The molecule has 6 heteroatoms. The average Bonchev–Trinajstić information content (AvgIpc) is 2.95. The van der Waals surface area contributed by atoms with Crippen LogP contribution in [-0.4, -0.2) is 38.6 Å². The van der Waals surface area contributed by atoms with Crippen LogP contribution in [0.4, 0.5) is 0 Å². The van der Waals surface area contributed by atoms with Crippen LogP contribution in [0.15, 0.2) is 18.2 Å². The number of amides is 1. The number of aliphatic hydroxyl groups is 1. The molecule has 1 aliphatic rings. The Hall–Kier alpha value is -1.95.